The SMILES string of the molecule is Nc1c(F)ccc(S(=O)(=O)N2CCNC(=O)C2)c1F. The maximum absolute atomic E-state index is 13.7. The smallest absolute Gasteiger partial charge is 0.246 e. The first kappa shape index (κ1) is 13.7. The van der Waals surface area contributed by atoms with Crippen LogP contribution in [0.2, 0.25) is 0 Å². The van der Waals surface area contributed by atoms with E-state index < -0.39 is 44.7 Å². The number of hydrogen-bond donors (Lipinski definition) is 2. The summed E-state index contributed by atoms with van der Waals surface area (Å²) in [6, 6.07) is 1.57. The van der Waals surface area contributed by atoms with Gasteiger partial charge in [-0.1, -0.05) is 0 Å². The Morgan fingerprint density at radius 2 is 2.00 bits per heavy atom. The van der Waals surface area contributed by atoms with Crippen LogP contribution in [0, 0.1) is 11.6 Å². The van der Waals surface area contributed by atoms with Crippen molar-refractivity contribution in [1.82, 2.24) is 9.62 Å². The molecule has 1 aromatic rings. The summed E-state index contributed by atoms with van der Waals surface area (Å²) < 4.78 is 51.9. The van der Waals surface area contributed by atoms with Crippen molar-refractivity contribution in [2.24, 2.45) is 0 Å². The normalized spacial score (nSPS) is 17.3. The molecule has 1 aliphatic heterocycles. The summed E-state index contributed by atoms with van der Waals surface area (Å²) >= 11 is 0. The molecule has 1 amide bonds. The molecule has 19 heavy (non-hydrogen) atoms. The third-order valence-corrected chi connectivity index (χ3v) is 4.57. The first-order chi connectivity index (χ1) is 8.84. The summed E-state index contributed by atoms with van der Waals surface area (Å²) in [5, 5.41) is 2.45. The van der Waals surface area contributed by atoms with E-state index in [9.17, 15) is 22.0 Å². The quantitative estimate of drug-likeness (QED) is 0.730. The highest BCUT2D eigenvalue weighted by molar-refractivity contribution is 7.89. The van der Waals surface area contributed by atoms with Gasteiger partial charge in [0.15, 0.2) is 5.82 Å². The van der Waals surface area contributed by atoms with E-state index in [2.05, 4.69) is 5.32 Å². The Bertz CT molecular complexity index is 633. The highest BCUT2D eigenvalue weighted by atomic mass is 32.2. The van der Waals surface area contributed by atoms with Gasteiger partial charge in [-0.2, -0.15) is 4.31 Å². The Morgan fingerprint density at radius 3 is 2.63 bits per heavy atom. The van der Waals surface area contributed by atoms with Gasteiger partial charge in [0.05, 0.1) is 6.54 Å². The van der Waals surface area contributed by atoms with Gasteiger partial charge in [-0.15, -0.1) is 0 Å². The second-order valence-electron chi connectivity index (χ2n) is 3.96. The van der Waals surface area contributed by atoms with Gasteiger partial charge in [0.1, 0.15) is 16.4 Å². The zero-order valence-corrected chi connectivity index (χ0v) is 10.5. The zero-order valence-electron chi connectivity index (χ0n) is 9.69. The lowest BCUT2D eigenvalue weighted by molar-refractivity contribution is -0.122. The van der Waals surface area contributed by atoms with Crippen LogP contribution in [0.3, 0.4) is 0 Å². The van der Waals surface area contributed by atoms with Crippen LogP contribution in [0.15, 0.2) is 17.0 Å². The zero-order chi connectivity index (χ0) is 14.2. The van der Waals surface area contributed by atoms with Crippen LogP contribution >= 0.6 is 0 Å². The number of rotatable bonds is 2. The number of carbonyl (C=O) groups is 1. The predicted octanol–water partition coefficient (Wildman–Crippen LogP) is -0.333. The topological polar surface area (TPSA) is 92.5 Å². The maximum Gasteiger partial charge on any atom is 0.246 e. The molecule has 0 spiro atoms. The lowest BCUT2D eigenvalue weighted by Crippen LogP contribution is -2.50. The number of amides is 1. The lowest BCUT2D eigenvalue weighted by Gasteiger charge is -2.26. The summed E-state index contributed by atoms with van der Waals surface area (Å²) in [6.45, 7) is -0.250. The molecule has 2 rings (SSSR count). The second kappa shape index (κ2) is 4.74. The number of nitrogen functional groups attached to an aromatic ring is 1. The van der Waals surface area contributed by atoms with Gasteiger partial charge in [0.2, 0.25) is 15.9 Å². The third-order valence-electron chi connectivity index (χ3n) is 2.71. The molecule has 104 valence electrons. The van der Waals surface area contributed by atoms with Crippen molar-refractivity contribution in [3.05, 3.63) is 23.8 Å². The molecular weight excluding hydrogens is 280 g/mol. The Labute approximate surface area is 108 Å². The number of nitrogens with one attached hydrogen (secondary N) is 1. The minimum Gasteiger partial charge on any atom is -0.394 e. The Kier molecular flexibility index (Phi) is 3.42. The third kappa shape index (κ3) is 2.38. The summed E-state index contributed by atoms with van der Waals surface area (Å²) in [5.41, 5.74) is 4.27. The van der Waals surface area contributed by atoms with Crippen LogP contribution in [-0.4, -0.2) is 38.3 Å². The van der Waals surface area contributed by atoms with Crippen molar-refractivity contribution in [2.75, 3.05) is 25.4 Å². The molecule has 1 aromatic carbocycles. The molecule has 1 saturated heterocycles. The average Bonchev–Trinajstić information content (AvgIpc) is 2.36. The van der Waals surface area contributed by atoms with Gasteiger partial charge in [-0.3, -0.25) is 4.79 Å². The number of sulfonamides is 1. The molecule has 0 aliphatic carbocycles. The number of anilines is 1. The number of piperazine rings is 1. The predicted molar refractivity (Wildman–Crippen MR) is 62.5 cm³/mol. The van der Waals surface area contributed by atoms with E-state index in [1.807, 2.05) is 0 Å². The fourth-order valence-corrected chi connectivity index (χ4v) is 3.18. The Balaban J connectivity index is 2.45. The van der Waals surface area contributed by atoms with Crippen LogP contribution in [0.25, 0.3) is 0 Å². The molecule has 1 aliphatic rings. The van der Waals surface area contributed by atoms with Gasteiger partial charge in [0.25, 0.3) is 0 Å². The van der Waals surface area contributed by atoms with Crippen molar-refractivity contribution in [2.45, 2.75) is 4.90 Å². The molecule has 9 heteroatoms. The van der Waals surface area contributed by atoms with Gasteiger partial charge in [-0.05, 0) is 12.1 Å². The minimum absolute atomic E-state index is 0.0186. The molecule has 0 radical (unpaired) electrons. The van der Waals surface area contributed by atoms with Gasteiger partial charge < -0.3 is 11.1 Å². The van der Waals surface area contributed by atoms with E-state index in [1.54, 1.807) is 0 Å². The first-order valence-corrected chi connectivity index (χ1v) is 6.78. The van der Waals surface area contributed by atoms with Crippen molar-refractivity contribution in [1.29, 1.82) is 0 Å². The second-order valence-corrected chi connectivity index (χ2v) is 5.87. The van der Waals surface area contributed by atoms with Crippen molar-refractivity contribution >= 4 is 21.6 Å². The lowest BCUT2D eigenvalue weighted by atomic mass is 10.3. The first-order valence-electron chi connectivity index (χ1n) is 5.34. The van der Waals surface area contributed by atoms with Crippen LogP contribution in [0.1, 0.15) is 0 Å². The van der Waals surface area contributed by atoms with E-state index in [0.29, 0.717) is 0 Å². The number of nitrogens with zero attached hydrogens (tertiary/aromatic N) is 1. The van der Waals surface area contributed by atoms with Crippen molar-refractivity contribution in [3.8, 4) is 0 Å². The number of halogens is 2. The molecule has 0 bridgehead atoms. The Morgan fingerprint density at radius 1 is 1.32 bits per heavy atom. The van der Waals surface area contributed by atoms with Gasteiger partial charge in [-0.25, -0.2) is 17.2 Å². The summed E-state index contributed by atoms with van der Waals surface area (Å²) in [7, 11) is -4.21. The van der Waals surface area contributed by atoms with E-state index in [0.717, 1.165) is 16.4 Å². The van der Waals surface area contributed by atoms with Gasteiger partial charge >= 0.3 is 0 Å². The highest BCUT2D eigenvalue weighted by Gasteiger charge is 2.32. The standard InChI is InChI=1S/C10H11F2N3O3S/c11-6-1-2-7(9(12)10(6)13)19(17,18)15-4-3-14-8(16)5-15/h1-2H,3-5,13H2,(H,14,16). The van der Waals surface area contributed by atoms with Crippen LogP contribution in [0.5, 0.6) is 0 Å². The molecule has 1 heterocycles. The van der Waals surface area contributed by atoms with E-state index in [1.165, 1.54) is 0 Å². The number of carbonyl (C=O) groups excluding carboxylic acids is 1. The van der Waals surface area contributed by atoms with E-state index >= 15 is 0 Å². The molecule has 6 nitrogen and oxygen atoms in total. The number of nitrogens with two attached hydrogens (primary N) is 1. The Hall–Kier alpha value is -1.74. The molecular formula is C10H11F2N3O3S. The molecule has 0 unspecified atom stereocenters. The van der Waals surface area contributed by atoms with Crippen molar-refractivity contribution in [3.63, 3.8) is 0 Å². The largest absolute Gasteiger partial charge is 0.394 e. The molecule has 1 fully saturated rings. The number of benzene rings is 1. The molecule has 0 saturated carbocycles. The minimum atomic E-state index is -4.21. The summed E-state index contributed by atoms with van der Waals surface area (Å²) in [4.78, 5) is 10.4. The van der Waals surface area contributed by atoms with E-state index in [4.69, 9.17) is 5.73 Å². The number of hydrogen-bond acceptors (Lipinski definition) is 4. The average molecular weight is 291 g/mol. The summed E-state index contributed by atoms with van der Waals surface area (Å²) in [5.74, 6) is -2.86. The monoisotopic (exact) mass is 291 g/mol. The fraction of sp³-hybridized carbons (Fsp3) is 0.300. The van der Waals surface area contributed by atoms with Crippen LogP contribution in [-0.2, 0) is 14.8 Å². The molecule has 3 N–H and O–H groups in total. The van der Waals surface area contributed by atoms with Crippen molar-refractivity contribution < 1.29 is 22.0 Å². The molecule has 0 aromatic heterocycles. The van der Waals surface area contributed by atoms with Crippen LogP contribution < -0.4 is 11.1 Å². The molecule has 0 atom stereocenters. The fourth-order valence-electron chi connectivity index (χ4n) is 1.71. The van der Waals surface area contributed by atoms with E-state index in [-0.39, 0.29) is 13.1 Å². The maximum atomic E-state index is 13.7. The highest BCUT2D eigenvalue weighted by Crippen LogP contribution is 2.25. The summed E-state index contributed by atoms with van der Waals surface area (Å²) in [6.07, 6.45) is 0. The van der Waals surface area contributed by atoms with Gasteiger partial charge in [0, 0.05) is 13.1 Å². The van der Waals surface area contributed by atoms with Crippen LogP contribution in [0.4, 0.5) is 14.5 Å².